The minimum atomic E-state index is -2.69. The van der Waals surface area contributed by atoms with E-state index in [2.05, 4.69) is 10.9 Å². The van der Waals surface area contributed by atoms with Crippen molar-refractivity contribution in [1.29, 1.82) is 0 Å². The molecular formula is C14H19F2N3OS. The molecule has 7 heteroatoms. The lowest BCUT2D eigenvalue weighted by Gasteiger charge is -2.41. The predicted octanol–water partition coefficient (Wildman–Crippen LogP) is 1.63. The quantitative estimate of drug-likeness (QED) is 0.610. The van der Waals surface area contributed by atoms with Crippen LogP contribution in [0.3, 0.4) is 0 Å². The Labute approximate surface area is 123 Å². The number of hydrogen-bond donors (Lipinski definition) is 2. The van der Waals surface area contributed by atoms with E-state index in [0.29, 0.717) is 0 Å². The van der Waals surface area contributed by atoms with Crippen molar-refractivity contribution < 1.29 is 13.0 Å². The lowest BCUT2D eigenvalue weighted by atomic mass is 9.92. The summed E-state index contributed by atoms with van der Waals surface area (Å²) in [6.07, 6.45) is 0. The van der Waals surface area contributed by atoms with Crippen LogP contribution in [0, 0.1) is 11.6 Å². The van der Waals surface area contributed by atoms with Crippen molar-refractivity contribution in [2.24, 2.45) is 10.7 Å². The standard InChI is InChI=1S/C14H19F2N3OS/c1-13(2)12(18)19-14(3,7-21(13,4)20)9-5-8(17)6-10(15)11(9)16/h5-6H,4,7,17H2,1-3H3,(H2,18,19)/t14-,21?/m0/s1. The van der Waals surface area contributed by atoms with E-state index in [9.17, 15) is 13.0 Å². The maximum Gasteiger partial charge on any atom is 0.164 e. The molecule has 0 aromatic heterocycles. The average molecular weight is 315 g/mol. The molecule has 2 rings (SSSR count). The van der Waals surface area contributed by atoms with Gasteiger partial charge in [0.15, 0.2) is 11.6 Å². The topological polar surface area (TPSA) is 81.5 Å². The van der Waals surface area contributed by atoms with E-state index in [1.54, 1.807) is 20.8 Å². The normalized spacial score (nSPS) is 31.8. The molecule has 0 fully saturated rings. The molecule has 0 radical (unpaired) electrons. The smallest absolute Gasteiger partial charge is 0.164 e. The molecule has 0 saturated carbocycles. The molecular weight excluding hydrogens is 296 g/mol. The predicted molar refractivity (Wildman–Crippen MR) is 84.0 cm³/mol. The Kier molecular flexibility index (Phi) is 3.32. The highest BCUT2D eigenvalue weighted by Crippen LogP contribution is 2.38. The monoisotopic (exact) mass is 315 g/mol. The fourth-order valence-corrected chi connectivity index (χ4v) is 4.31. The zero-order valence-corrected chi connectivity index (χ0v) is 13.1. The van der Waals surface area contributed by atoms with Gasteiger partial charge in [-0.1, -0.05) is 0 Å². The first-order valence-electron chi connectivity index (χ1n) is 6.36. The lowest BCUT2D eigenvalue weighted by Crippen LogP contribution is -2.54. The Morgan fingerprint density at radius 3 is 2.38 bits per heavy atom. The fourth-order valence-electron chi connectivity index (χ4n) is 2.40. The third-order valence-corrected chi connectivity index (χ3v) is 7.16. The van der Waals surface area contributed by atoms with E-state index >= 15 is 0 Å². The summed E-state index contributed by atoms with van der Waals surface area (Å²) < 4.78 is 39.6. The van der Waals surface area contributed by atoms with Crippen LogP contribution in [0.5, 0.6) is 0 Å². The van der Waals surface area contributed by atoms with Crippen molar-refractivity contribution in [3.05, 3.63) is 29.3 Å². The summed E-state index contributed by atoms with van der Waals surface area (Å²) in [5.41, 5.74) is 10.2. The van der Waals surface area contributed by atoms with Crippen LogP contribution in [0.4, 0.5) is 14.5 Å². The summed E-state index contributed by atoms with van der Waals surface area (Å²) in [7, 11) is -2.69. The Hall–Kier alpha value is -1.63. The van der Waals surface area contributed by atoms with Gasteiger partial charge in [0.05, 0.1) is 10.3 Å². The van der Waals surface area contributed by atoms with Crippen LogP contribution in [0.15, 0.2) is 17.1 Å². The minimum absolute atomic E-state index is 0.0342. The van der Waals surface area contributed by atoms with Crippen molar-refractivity contribution in [1.82, 2.24) is 0 Å². The molecule has 1 aliphatic heterocycles. The Morgan fingerprint density at radius 2 is 1.86 bits per heavy atom. The van der Waals surface area contributed by atoms with Gasteiger partial charge in [-0.3, -0.25) is 9.20 Å². The van der Waals surface area contributed by atoms with E-state index < -0.39 is 31.4 Å². The molecule has 0 amide bonds. The van der Waals surface area contributed by atoms with Gasteiger partial charge in [0.1, 0.15) is 5.84 Å². The highest BCUT2D eigenvalue weighted by molar-refractivity contribution is 8.02. The summed E-state index contributed by atoms with van der Waals surface area (Å²) in [4.78, 5) is 4.29. The molecule has 0 aliphatic carbocycles. The molecule has 0 saturated heterocycles. The van der Waals surface area contributed by atoms with Crippen molar-refractivity contribution >= 4 is 26.9 Å². The first kappa shape index (κ1) is 15.8. The summed E-state index contributed by atoms with van der Waals surface area (Å²) in [5, 5.41) is 0. The Bertz CT molecular complexity index is 741. The van der Waals surface area contributed by atoms with Crippen molar-refractivity contribution in [2.75, 3.05) is 11.5 Å². The van der Waals surface area contributed by atoms with Crippen LogP contribution in [0.2, 0.25) is 0 Å². The average Bonchev–Trinajstić information content (AvgIpc) is 2.30. The van der Waals surface area contributed by atoms with Gasteiger partial charge in [0.25, 0.3) is 0 Å². The molecule has 0 bridgehead atoms. The molecule has 2 atom stereocenters. The van der Waals surface area contributed by atoms with Crippen molar-refractivity contribution in [2.45, 2.75) is 31.1 Å². The zero-order chi connectivity index (χ0) is 16.2. The highest BCUT2D eigenvalue weighted by Gasteiger charge is 2.46. The maximum atomic E-state index is 14.1. The largest absolute Gasteiger partial charge is 0.399 e. The number of benzene rings is 1. The number of amidine groups is 1. The van der Waals surface area contributed by atoms with Gasteiger partial charge in [-0.15, -0.1) is 0 Å². The number of aliphatic imine (C=N–C) groups is 1. The molecule has 21 heavy (non-hydrogen) atoms. The summed E-state index contributed by atoms with van der Waals surface area (Å²) in [6.45, 7) is 4.91. The molecule has 1 unspecified atom stereocenters. The van der Waals surface area contributed by atoms with Gasteiger partial charge in [-0.05, 0) is 48.3 Å². The first-order chi connectivity index (χ1) is 9.41. The fraction of sp³-hybridized carbons (Fsp3) is 0.429. The number of nitrogen functional groups attached to an aromatic ring is 1. The number of rotatable bonds is 1. The highest BCUT2D eigenvalue weighted by atomic mass is 32.2. The van der Waals surface area contributed by atoms with Crippen molar-refractivity contribution in [3.63, 3.8) is 0 Å². The van der Waals surface area contributed by atoms with Gasteiger partial charge in [-0.2, -0.15) is 0 Å². The molecule has 1 aromatic carbocycles. The molecule has 1 aliphatic rings. The second-order valence-corrected chi connectivity index (χ2v) is 9.03. The van der Waals surface area contributed by atoms with Crippen LogP contribution in [-0.2, 0) is 15.1 Å². The van der Waals surface area contributed by atoms with E-state index in [0.717, 1.165) is 6.07 Å². The van der Waals surface area contributed by atoms with Gasteiger partial charge >= 0.3 is 0 Å². The summed E-state index contributed by atoms with van der Waals surface area (Å²) in [6, 6.07) is 2.19. The second kappa shape index (κ2) is 4.43. The van der Waals surface area contributed by atoms with Crippen LogP contribution in [-0.4, -0.2) is 26.4 Å². The maximum absolute atomic E-state index is 14.1. The van der Waals surface area contributed by atoms with E-state index in [1.165, 1.54) is 6.07 Å². The second-order valence-electron chi connectivity index (χ2n) is 6.10. The van der Waals surface area contributed by atoms with Crippen molar-refractivity contribution in [3.8, 4) is 0 Å². The number of halogens is 2. The van der Waals surface area contributed by atoms with E-state index in [1.807, 2.05) is 0 Å². The SMILES string of the molecule is C=S1(=O)C[C@@](C)(c2cc(N)cc(F)c2F)N=C(N)C1(C)C. The lowest BCUT2D eigenvalue weighted by molar-refractivity contribution is 0.453. The van der Waals surface area contributed by atoms with Crippen LogP contribution in [0.25, 0.3) is 0 Å². The molecule has 1 heterocycles. The Morgan fingerprint density at radius 1 is 1.29 bits per heavy atom. The van der Waals surface area contributed by atoms with Gasteiger partial charge in [-0.25, -0.2) is 8.78 Å². The van der Waals surface area contributed by atoms with E-state index in [-0.39, 0.29) is 22.8 Å². The molecule has 4 N–H and O–H groups in total. The van der Waals surface area contributed by atoms with Crippen LogP contribution in [0.1, 0.15) is 26.3 Å². The van der Waals surface area contributed by atoms with Crippen LogP contribution < -0.4 is 11.5 Å². The third-order valence-electron chi connectivity index (χ3n) is 4.06. The zero-order valence-electron chi connectivity index (χ0n) is 12.2. The first-order valence-corrected chi connectivity index (χ1v) is 8.26. The Balaban J connectivity index is 2.73. The molecule has 0 spiro atoms. The third kappa shape index (κ3) is 2.29. The number of anilines is 1. The summed E-state index contributed by atoms with van der Waals surface area (Å²) >= 11 is 0. The molecule has 4 nitrogen and oxygen atoms in total. The molecule has 116 valence electrons. The number of hydrogen-bond acceptors (Lipinski definition) is 4. The van der Waals surface area contributed by atoms with Gasteiger partial charge < -0.3 is 11.5 Å². The van der Waals surface area contributed by atoms with E-state index in [4.69, 9.17) is 11.5 Å². The van der Waals surface area contributed by atoms with Gasteiger partial charge in [0, 0.05) is 17.0 Å². The van der Waals surface area contributed by atoms with Crippen LogP contribution >= 0.6 is 0 Å². The summed E-state index contributed by atoms with van der Waals surface area (Å²) in [5.74, 6) is 1.70. The molecule has 1 aromatic rings. The number of nitrogens with two attached hydrogens (primary N) is 2. The van der Waals surface area contributed by atoms with Gasteiger partial charge in [0.2, 0.25) is 0 Å². The number of nitrogens with zero attached hydrogens (tertiary/aromatic N) is 1. The minimum Gasteiger partial charge on any atom is -0.399 e.